The number of benzene rings is 2. The first-order valence-electron chi connectivity index (χ1n) is 13.4. The van der Waals surface area contributed by atoms with Crippen LogP contribution in [0.3, 0.4) is 0 Å². The van der Waals surface area contributed by atoms with Crippen LogP contribution in [0.15, 0.2) is 60.7 Å². The fourth-order valence-electron chi connectivity index (χ4n) is 4.71. The average Bonchev–Trinajstić information content (AvgIpc) is 3.43. The number of carbonyl (C=O) groups excluding carboxylic acids is 2. The third kappa shape index (κ3) is 6.38. The number of nitrogens with zero attached hydrogens (tertiary/aromatic N) is 4. The molecule has 2 amide bonds. The number of nitriles is 1. The van der Waals surface area contributed by atoms with Crippen LogP contribution in [0.5, 0.6) is 5.75 Å². The number of aromatic amines is 1. The summed E-state index contributed by atoms with van der Waals surface area (Å²) in [6.07, 6.45) is 1.69. The number of ether oxygens (including phenoxy) is 1. The number of likely N-dealkylation sites (tertiary alicyclic amines) is 1. The Kier molecular flexibility index (Phi) is 8.21. The standard InChI is InChI=1S/C30H31N7O3/c1-20(38)32-13-14-33-28-25-17-26(34-29(25)36-27(35-28)23-5-3-2-4-6-23)30(39)37-15-11-22(12-16-37)19-40-24-9-7-21(18-31)8-10-24/h2-10,17,22H,11-16,19H2,1H3,(H,32,38)(H2,33,34,35,36). The molecule has 10 heteroatoms. The Morgan fingerprint density at radius 3 is 2.52 bits per heavy atom. The largest absolute Gasteiger partial charge is 0.493 e. The van der Waals surface area contributed by atoms with E-state index in [0.717, 1.165) is 29.5 Å². The van der Waals surface area contributed by atoms with Gasteiger partial charge in [-0.2, -0.15) is 5.26 Å². The summed E-state index contributed by atoms with van der Waals surface area (Å²) in [4.78, 5) is 39.2. The summed E-state index contributed by atoms with van der Waals surface area (Å²) in [5.41, 5.74) is 2.50. The second-order valence-corrected chi connectivity index (χ2v) is 9.80. The van der Waals surface area contributed by atoms with E-state index in [4.69, 9.17) is 20.0 Å². The molecule has 1 fully saturated rings. The van der Waals surface area contributed by atoms with Gasteiger partial charge in [0.1, 0.15) is 22.9 Å². The summed E-state index contributed by atoms with van der Waals surface area (Å²) in [7, 11) is 0. The van der Waals surface area contributed by atoms with Gasteiger partial charge in [0.05, 0.1) is 23.6 Å². The molecular formula is C30H31N7O3. The molecule has 0 spiro atoms. The third-order valence-corrected chi connectivity index (χ3v) is 6.91. The highest BCUT2D eigenvalue weighted by Gasteiger charge is 2.26. The molecule has 3 N–H and O–H groups in total. The van der Waals surface area contributed by atoms with Crippen LogP contribution in [0, 0.1) is 17.2 Å². The number of hydrogen-bond acceptors (Lipinski definition) is 7. The number of piperidine rings is 1. The van der Waals surface area contributed by atoms with Crippen LogP contribution in [0.4, 0.5) is 5.82 Å². The predicted octanol–water partition coefficient (Wildman–Crippen LogP) is 3.98. The van der Waals surface area contributed by atoms with E-state index in [1.807, 2.05) is 47.4 Å². The molecule has 0 unspecified atom stereocenters. The summed E-state index contributed by atoms with van der Waals surface area (Å²) >= 11 is 0. The van der Waals surface area contributed by atoms with Crippen LogP contribution in [0.2, 0.25) is 0 Å². The minimum Gasteiger partial charge on any atom is -0.493 e. The fraction of sp³-hybridized carbons (Fsp3) is 0.300. The van der Waals surface area contributed by atoms with Gasteiger partial charge >= 0.3 is 0 Å². The zero-order chi connectivity index (χ0) is 27.9. The molecule has 40 heavy (non-hydrogen) atoms. The van der Waals surface area contributed by atoms with E-state index in [0.29, 0.717) is 67.3 Å². The van der Waals surface area contributed by atoms with Crippen LogP contribution in [-0.2, 0) is 4.79 Å². The number of H-pyrrole nitrogens is 1. The Morgan fingerprint density at radius 1 is 1.07 bits per heavy atom. The first kappa shape index (κ1) is 26.7. The normalized spacial score (nSPS) is 13.6. The van der Waals surface area contributed by atoms with Crippen molar-refractivity contribution < 1.29 is 14.3 Å². The molecule has 10 nitrogen and oxygen atoms in total. The second-order valence-electron chi connectivity index (χ2n) is 9.80. The summed E-state index contributed by atoms with van der Waals surface area (Å²) < 4.78 is 5.92. The van der Waals surface area contributed by atoms with Crippen molar-refractivity contribution in [2.24, 2.45) is 5.92 Å². The van der Waals surface area contributed by atoms with Crippen LogP contribution in [0.1, 0.15) is 35.8 Å². The maximum absolute atomic E-state index is 13.4. The summed E-state index contributed by atoms with van der Waals surface area (Å²) in [6, 6.07) is 20.7. The highest BCUT2D eigenvalue weighted by molar-refractivity contribution is 6.00. The highest BCUT2D eigenvalue weighted by atomic mass is 16.5. The van der Waals surface area contributed by atoms with Gasteiger partial charge in [-0.05, 0) is 49.1 Å². The lowest BCUT2D eigenvalue weighted by molar-refractivity contribution is -0.118. The molecule has 4 aromatic rings. The Morgan fingerprint density at radius 2 is 1.82 bits per heavy atom. The number of rotatable bonds is 9. The van der Waals surface area contributed by atoms with Gasteiger partial charge in [-0.25, -0.2) is 9.97 Å². The summed E-state index contributed by atoms with van der Waals surface area (Å²) in [6.45, 7) is 4.25. The number of fused-ring (bicyclic) bond motifs is 1. The van der Waals surface area contributed by atoms with E-state index in [2.05, 4.69) is 21.7 Å². The minimum atomic E-state index is -0.0984. The third-order valence-electron chi connectivity index (χ3n) is 6.91. The number of carbonyl (C=O) groups is 2. The Hall–Kier alpha value is -4.91. The van der Waals surface area contributed by atoms with Gasteiger partial charge in [0, 0.05) is 38.7 Å². The Bertz CT molecular complexity index is 1520. The second kappa shape index (κ2) is 12.3. The molecule has 5 rings (SSSR count). The lowest BCUT2D eigenvalue weighted by atomic mass is 9.97. The number of anilines is 1. The summed E-state index contributed by atoms with van der Waals surface area (Å²) in [5, 5.41) is 15.7. The van der Waals surface area contributed by atoms with E-state index < -0.39 is 0 Å². The molecule has 0 atom stereocenters. The SMILES string of the molecule is CC(=O)NCCNc1nc(-c2ccccc2)nc2[nH]c(C(=O)N3CCC(COc4ccc(C#N)cc4)CC3)cc12. The lowest BCUT2D eigenvalue weighted by Gasteiger charge is -2.31. The van der Waals surface area contributed by atoms with E-state index in [1.165, 1.54) is 6.92 Å². The highest BCUT2D eigenvalue weighted by Crippen LogP contribution is 2.27. The van der Waals surface area contributed by atoms with Crippen molar-refractivity contribution in [2.45, 2.75) is 19.8 Å². The molecule has 1 saturated heterocycles. The summed E-state index contributed by atoms with van der Waals surface area (Å²) in [5.74, 6) is 2.06. The molecule has 0 aliphatic carbocycles. The van der Waals surface area contributed by atoms with Crippen molar-refractivity contribution in [2.75, 3.05) is 38.1 Å². The molecule has 2 aromatic heterocycles. The average molecular weight is 538 g/mol. The zero-order valence-corrected chi connectivity index (χ0v) is 22.3. The first-order chi connectivity index (χ1) is 19.5. The number of hydrogen-bond donors (Lipinski definition) is 3. The smallest absolute Gasteiger partial charge is 0.270 e. The molecule has 1 aliphatic heterocycles. The van der Waals surface area contributed by atoms with Gasteiger partial charge in [0.25, 0.3) is 5.91 Å². The van der Waals surface area contributed by atoms with Gasteiger partial charge in [0.2, 0.25) is 5.91 Å². The number of aromatic nitrogens is 3. The van der Waals surface area contributed by atoms with Crippen LogP contribution < -0.4 is 15.4 Å². The van der Waals surface area contributed by atoms with Crippen molar-refractivity contribution in [3.63, 3.8) is 0 Å². The molecule has 0 bridgehead atoms. The molecule has 204 valence electrons. The maximum atomic E-state index is 13.4. The van der Waals surface area contributed by atoms with E-state index >= 15 is 0 Å². The van der Waals surface area contributed by atoms with Gasteiger partial charge in [0.15, 0.2) is 5.82 Å². The van der Waals surface area contributed by atoms with Gasteiger partial charge in [-0.1, -0.05) is 30.3 Å². The lowest BCUT2D eigenvalue weighted by Crippen LogP contribution is -2.39. The van der Waals surface area contributed by atoms with Crippen LogP contribution in [0.25, 0.3) is 22.4 Å². The first-order valence-corrected chi connectivity index (χ1v) is 13.4. The molecular weight excluding hydrogens is 506 g/mol. The molecule has 0 saturated carbocycles. The topological polar surface area (TPSA) is 136 Å². The van der Waals surface area contributed by atoms with Crippen molar-refractivity contribution >= 4 is 28.7 Å². The molecule has 1 aliphatic rings. The van der Waals surface area contributed by atoms with E-state index in [1.54, 1.807) is 18.2 Å². The van der Waals surface area contributed by atoms with Gasteiger partial charge in [-0.15, -0.1) is 0 Å². The zero-order valence-electron chi connectivity index (χ0n) is 22.3. The predicted molar refractivity (Wildman–Crippen MR) is 152 cm³/mol. The molecule has 0 radical (unpaired) electrons. The van der Waals surface area contributed by atoms with Crippen LogP contribution >= 0.6 is 0 Å². The van der Waals surface area contributed by atoms with Crippen LogP contribution in [-0.4, -0.2) is 64.5 Å². The monoisotopic (exact) mass is 537 g/mol. The van der Waals surface area contributed by atoms with Gasteiger partial charge < -0.3 is 25.3 Å². The van der Waals surface area contributed by atoms with Gasteiger partial charge in [-0.3, -0.25) is 9.59 Å². The Balaban J connectivity index is 1.26. The molecule has 2 aromatic carbocycles. The van der Waals surface area contributed by atoms with Crippen molar-refractivity contribution in [1.29, 1.82) is 5.26 Å². The van der Waals surface area contributed by atoms with E-state index in [9.17, 15) is 9.59 Å². The van der Waals surface area contributed by atoms with E-state index in [-0.39, 0.29) is 11.8 Å². The number of amides is 2. The molecule has 3 heterocycles. The quantitative estimate of drug-likeness (QED) is 0.275. The van der Waals surface area contributed by atoms with Crippen molar-refractivity contribution in [1.82, 2.24) is 25.2 Å². The maximum Gasteiger partial charge on any atom is 0.270 e. The van der Waals surface area contributed by atoms with Crippen molar-refractivity contribution in [3.05, 3.63) is 71.9 Å². The van der Waals surface area contributed by atoms with Crippen molar-refractivity contribution in [3.8, 4) is 23.2 Å². The fourth-order valence-corrected chi connectivity index (χ4v) is 4.71. The number of nitrogens with one attached hydrogen (secondary N) is 3. The Labute approximate surface area is 232 Å². The minimum absolute atomic E-state index is 0.0741.